The van der Waals surface area contributed by atoms with E-state index in [9.17, 15) is 0 Å². The van der Waals surface area contributed by atoms with Crippen LogP contribution in [0.4, 0.5) is 5.69 Å². The van der Waals surface area contributed by atoms with Gasteiger partial charge in [0, 0.05) is 17.8 Å². The second kappa shape index (κ2) is 3.19. The van der Waals surface area contributed by atoms with E-state index in [1.165, 1.54) is 0 Å². The quantitative estimate of drug-likeness (QED) is 0.488. The average Bonchev–Trinajstić information content (AvgIpc) is 1.85. The first-order valence-corrected chi connectivity index (χ1v) is 3.57. The van der Waals surface area contributed by atoms with E-state index in [0.29, 0.717) is 12.1 Å². The Kier molecular flexibility index (Phi) is 2.26. The first kappa shape index (κ1) is 7.79. The Morgan fingerprint density at radius 3 is 2.82 bits per heavy atom. The van der Waals surface area contributed by atoms with Gasteiger partial charge >= 0.3 is 0 Å². The Balaban J connectivity index is 2.79. The zero-order valence-electron chi connectivity index (χ0n) is 6.59. The molecule has 1 rings (SSSR count). The number of nitrogen functional groups attached to an aromatic ring is 1. The van der Waals surface area contributed by atoms with Gasteiger partial charge in [0.2, 0.25) is 0 Å². The largest absolute Gasteiger partial charge is 0.399 e. The number of hydrogen-bond acceptors (Lipinski definition) is 2. The van der Waals surface area contributed by atoms with Crippen LogP contribution < -0.4 is 5.73 Å². The molecule has 0 aliphatic rings. The fraction of sp³-hybridized carbons (Fsp3) is 0.222. The van der Waals surface area contributed by atoms with Gasteiger partial charge in [-0.3, -0.25) is 0 Å². The molecule has 11 heavy (non-hydrogen) atoms. The van der Waals surface area contributed by atoms with Crippen LogP contribution in [-0.2, 0) is 6.42 Å². The minimum absolute atomic E-state index is 0.663. The molecule has 2 heteroatoms. The lowest BCUT2D eigenvalue weighted by Gasteiger charge is -1.99. The number of nitrogens with one attached hydrogen (secondary N) is 1. The first-order valence-electron chi connectivity index (χ1n) is 3.57. The zero-order chi connectivity index (χ0) is 8.27. The maximum atomic E-state index is 7.26. The molecule has 3 N–H and O–H groups in total. The Bertz CT molecular complexity index is 266. The molecule has 2 nitrogen and oxygen atoms in total. The monoisotopic (exact) mass is 148 g/mol. The number of hydrogen-bond donors (Lipinski definition) is 2. The molecule has 0 radical (unpaired) electrons. The van der Waals surface area contributed by atoms with Crippen molar-refractivity contribution in [1.82, 2.24) is 0 Å². The summed E-state index contributed by atoms with van der Waals surface area (Å²) in [6.07, 6.45) is 0.699. The summed E-state index contributed by atoms with van der Waals surface area (Å²) in [4.78, 5) is 0. The topological polar surface area (TPSA) is 49.9 Å². The Labute approximate surface area is 66.6 Å². The molecule has 0 saturated carbocycles. The van der Waals surface area contributed by atoms with Crippen molar-refractivity contribution in [2.45, 2.75) is 13.3 Å². The molecule has 1 aromatic rings. The second-order valence-electron chi connectivity index (χ2n) is 2.70. The lowest BCUT2D eigenvalue weighted by molar-refractivity contribution is 1.27. The minimum Gasteiger partial charge on any atom is -0.399 e. The predicted octanol–water partition coefficient (Wildman–Crippen LogP) is 1.85. The lowest BCUT2D eigenvalue weighted by Crippen LogP contribution is -1.95. The third-order valence-corrected chi connectivity index (χ3v) is 1.42. The van der Waals surface area contributed by atoms with Gasteiger partial charge in [-0.1, -0.05) is 12.1 Å². The molecular formula is C9H12N2. The van der Waals surface area contributed by atoms with Crippen molar-refractivity contribution in [2.75, 3.05) is 5.73 Å². The van der Waals surface area contributed by atoms with E-state index in [4.69, 9.17) is 11.1 Å². The summed E-state index contributed by atoms with van der Waals surface area (Å²) in [5, 5.41) is 7.26. The van der Waals surface area contributed by atoms with Crippen molar-refractivity contribution >= 4 is 11.4 Å². The highest BCUT2D eigenvalue weighted by molar-refractivity contribution is 5.81. The van der Waals surface area contributed by atoms with Gasteiger partial charge in [0.05, 0.1) is 0 Å². The van der Waals surface area contributed by atoms with Gasteiger partial charge in [-0.2, -0.15) is 0 Å². The first-order chi connectivity index (χ1) is 5.18. The van der Waals surface area contributed by atoms with Crippen LogP contribution in [0, 0.1) is 5.41 Å². The van der Waals surface area contributed by atoms with Crippen LogP contribution in [0.5, 0.6) is 0 Å². The minimum atomic E-state index is 0.663. The van der Waals surface area contributed by atoms with Crippen molar-refractivity contribution in [3.8, 4) is 0 Å². The predicted molar refractivity (Wildman–Crippen MR) is 48.0 cm³/mol. The van der Waals surface area contributed by atoms with Gasteiger partial charge < -0.3 is 11.1 Å². The van der Waals surface area contributed by atoms with Crippen molar-refractivity contribution in [1.29, 1.82) is 5.41 Å². The molecule has 0 fully saturated rings. The van der Waals surface area contributed by atoms with Gasteiger partial charge in [-0.05, 0) is 24.6 Å². The normalized spacial score (nSPS) is 9.55. The highest BCUT2D eigenvalue weighted by atomic mass is 14.5. The zero-order valence-corrected chi connectivity index (χ0v) is 6.59. The second-order valence-corrected chi connectivity index (χ2v) is 2.70. The van der Waals surface area contributed by atoms with Crippen LogP contribution in [0.25, 0.3) is 0 Å². The molecule has 0 aliphatic carbocycles. The summed E-state index contributed by atoms with van der Waals surface area (Å²) in [7, 11) is 0. The maximum absolute atomic E-state index is 7.26. The van der Waals surface area contributed by atoms with E-state index in [1.54, 1.807) is 6.92 Å². The highest BCUT2D eigenvalue weighted by Crippen LogP contribution is 2.06. The van der Waals surface area contributed by atoms with Gasteiger partial charge in [0.1, 0.15) is 0 Å². The molecule has 0 spiro atoms. The van der Waals surface area contributed by atoms with E-state index in [0.717, 1.165) is 11.3 Å². The summed E-state index contributed by atoms with van der Waals surface area (Å²) in [6.45, 7) is 1.79. The van der Waals surface area contributed by atoms with Crippen LogP contribution in [0.1, 0.15) is 12.5 Å². The van der Waals surface area contributed by atoms with Gasteiger partial charge in [-0.15, -0.1) is 0 Å². The van der Waals surface area contributed by atoms with Gasteiger partial charge in [-0.25, -0.2) is 0 Å². The van der Waals surface area contributed by atoms with Crippen LogP contribution >= 0.6 is 0 Å². The molecule has 0 saturated heterocycles. The average molecular weight is 148 g/mol. The summed E-state index contributed by atoms with van der Waals surface area (Å²) >= 11 is 0. The molecule has 0 bridgehead atoms. The van der Waals surface area contributed by atoms with Crippen LogP contribution in [0.15, 0.2) is 24.3 Å². The number of anilines is 1. The fourth-order valence-electron chi connectivity index (χ4n) is 1.01. The summed E-state index contributed by atoms with van der Waals surface area (Å²) in [6, 6.07) is 7.64. The lowest BCUT2D eigenvalue weighted by atomic mass is 10.1. The van der Waals surface area contributed by atoms with Crippen LogP contribution in [0.3, 0.4) is 0 Å². The summed E-state index contributed by atoms with van der Waals surface area (Å²) < 4.78 is 0. The molecule has 58 valence electrons. The summed E-state index contributed by atoms with van der Waals surface area (Å²) in [5.74, 6) is 0. The van der Waals surface area contributed by atoms with Crippen molar-refractivity contribution in [3.05, 3.63) is 29.8 Å². The third-order valence-electron chi connectivity index (χ3n) is 1.42. The van der Waals surface area contributed by atoms with E-state index < -0.39 is 0 Å². The molecule has 0 amide bonds. The van der Waals surface area contributed by atoms with Crippen LogP contribution in [-0.4, -0.2) is 5.71 Å². The molecule has 1 aromatic carbocycles. The van der Waals surface area contributed by atoms with E-state index in [-0.39, 0.29) is 0 Å². The van der Waals surface area contributed by atoms with Gasteiger partial charge in [0.25, 0.3) is 0 Å². The van der Waals surface area contributed by atoms with Gasteiger partial charge in [0.15, 0.2) is 0 Å². The Morgan fingerprint density at radius 1 is 1.55 bits per heavy atom. The Hall–Kier alpha value is -1.31. The summed E-state index contributed by atoms with van der Waals surface area (Å²) in [5.41, 5.74) is 8.10. The number of nitrogens with two attached hydrogens (primary N) is 1. The van der Waals surface area contributed by atoms with E-state index >= 15 is 0 Å². The highest BCUT2D eigenvalue weighted by Gasteiger charge is 1.93. The molecule has 0 unspecified atom stereocenters. The molecule has 0 heterocycles. The third kappa shape index (κ3) is 2.42. The smallest absolute Gasteiger partial charge is 0.0316 e. The number of rotatable bonds is 2. The van der Waals surface area contributed by atoms with E-state index in [1.807, 2.05) is 24.3 Å². The van der Waals surface area contributed by atoms with Crippen LogP contribution in [0.2, 0.25) is 0 Å². The van der Waals surface area contributed by atoms with E-state index in [2.05, 4.69) is 0 Å². The molecule has 0 aliphatic heterocycles. The molecule has 0 atom stereocenters. The fourth-order valence-corrected chi connectivity index (χ4v) is 1.01. The van der Waals surface area contributed by atoms with Crippen molar-refractivity contribution in [2.24, 2.45) is 0 Å². The molecule has 0 aromatic heterocycles. The number of benzene rings is 1. The van der Waals surface area contributed by atoms with Crippen molar-refractivity contribution in [3.63, 3.8) is 0 Å². The molecular weight excluding hydrogens is 136 g/mol. The van der Waals surface area contributed by atoms with Crippen molar-refractivity contribution < 1.29 is 0 Å². The SMILES string of the molecule is CC(=N)Cc1cccc(N)c1. The Morgan fingerprint density at radius 2 is 2.27 bits per heavy atom. The maximum Gasteiger partial charge on any atom is 0.0316 e. The standard InChI is InChI=1S/C9H12N2/c1-7(10)5-8-3-2-4-9(11)6-8/h2-4,6,10H,5,11H2,1H3.